The van der Waals surface area contributed by atoms with Crippen molar-refractivity contribution in [1.82, 2.24) is 15.0 Å². The van der Waals surface area contributed by atoms with Crippen LogP contribution in [0.3, 0.4) is 0 Å². The summed E-state index contributed by atoms with van der Waals surface area (Å²) < 4.78 is 0. The van der Waals surface area contributed by atoms with Crippen molar-refractivity contribution >= 4 is 29.2 Å². The van der Waals surface area contributed by atoms with E-state index in [0.717, 1.165) is 0 Å². The van der Waals surface area contributed by atoms with Gasteiger partial charge in [-0.1, -0.05) is 11.6 Å². The quantitative estimate of drug-likeness (QED) is 0.643. The van der Waals surface area contributed by atoms with Crippen molar-refractivity contribution < 1.29 is 0 Å². The Morgan fingerprint density at radius 1 is 1.38 bits per heavy atom. The molecule has 82 valence electrons. The Balaban J connectivity index is 2.24. The van der Waals surface area contributed by atoms with Crippen LogP contribution in [-0.4, -0.2) is 15.0 Å². The van der Waals surface area contributed by atoms with Crippen LogP contribution in [0.1, 0.15) is 0 Å². The van der Waals surface area contributed by atoms with Crippen LogP contribution in [0.2, 0.25) is 5.02 Å². The van der Waals surface area contributed by atoms with E-state index in [1.165, 1.54) is 18.0 Å². The number of pyridine rings is 1. The van der Waals surface area contributed by atoms with Crippen LogP contribution in [0.4, 0.5) is 5.82 Å². The predicted molar refractivity (Wildman–Crippen MR) is 63.2 cm³/mol. The molecule has 0 aliphatic carbocycles. The minimum Gasteiger partial charge on any atom is -0.307 e. The van der Waals surface area contributed by atoms with E-state index in [4.69, 9.17) is 17.4 Å². The molecule has 0 amide bonds. The average Bonchev–Trinajstić information content (AvgIpc) is 2.32. The molecule has 0 saturated carbocycles. The van der Waals surface area contributed by atoms with E-state index in [1.54, 1.807) is 24.5 Å². The summed E-state index contributed by atoms with van der Waals surface area (Å²) in [6.45, 7) is 0. The second-order valence-corrected chi connectivity index (χ2v) is 4.20. The average molecular weight is 254 g/mol. The van der Waals surface area contributed by atoms with Gasteiger partial charge in [0.2, 0.25) is 0 Å². The Morgan fingerprint density at radius 3 is 3.00 bits per heavy atom. The highest BCUT2D eigenvalue weighted by molar-refractivity contribution is 7.99. The predicted octanol–water partition coefficient (Wildman–Crippen LogP) is 1.96. The van der Waals surface area contributed by atoms with Crippen molar-refractivity contribution in [2.24, 2.45) is 5.84 Å². The molecule has 0 spiro atoms. The summed E-state index contributed by atoms with van der Waals surface area (Å²) >= 11 is 7.31. The molecule has 7 heteroatoms. The van der Waals surface area contributed by atoms with Crippen LogP contribution >= 0.6 is 23.4 Å². The Morgan fingerprint density at radius 2 is 2.25 bits per heavy atom. The molecule has 0 fully saturated rings. The highest BCUT2D eigenvalue weighted by Crippen LogP contribution is 2.29. The van der Waals surface area contributed by atoms with Gasteiger partial charge in [0.25, 0.3) is 0 Å². The van der Waals surface area contributed by atoms with Crippen molar-refractivity contribution in [3.8, 4) is 0 Å². The minimum atomic E-state index is 0.497. The number of nitrogens with zero attached hydrogens (tertiary/aromatic N) is 3. The van der Waals surface area contributed by atoms with E-state index >= 15 is 0 Å². The van der Waals surface area contributed by atoms with Gasteiger partial charge in [-0.05, 0) is 23.9 Å². The first kappa shape index (κ1) is 11.1. The number of halogens is 1. The molecular weight excluding hydrogens is 246 g/mol. The standard InChI is InChI=1S/C9H8ClN5S/c10-6-2-1-3-13-9(6)16-8-5-12-4-7(14-8)15-11/h1-5H,11H2,(H,14,15). The molecule has 16 heavy (non-hydrogen) atoms. The van der Waals surface area contributed by atoms with Gasteiger partial charge in [-0.25, -0.2) is 15.8 Å². The molecule has 0 aliphatic heterocycles. The maximum Gasteiger partial charge on any atom is 0.159 e. The smallest absolute Gasteiger partial charge is 0.159 e. The lowest BCUT2D eigenvalue weighted by Gasteiger charge is -2.03. The van der Waals surface area contributed by atoms with Crippen molar-refractivity contribution in [1.29, 1.82) is 0 Å². The zero-order valence-electron chi connectivity index (χ0n) is 8.09. The normalized spacial score (nSPS) is 10.1. The van der Waals surface area contributed by atoms with Gasteiger partial charge >= 0.3 is 0 Å². The van der Waals surface area contributed by atoms with E-state index in [9.17, 15) is 0 Å². The number of nitrogen functional groups attached to an aromatic ring is 1. The third-order valence-electron chi connectivity index (χ3n) is 1.69. The molecule has 0 atom stereocenters. The third-order valence-corrected chi connectivity index (χ3v) is 3.03. The molecular formula is C9H8ClN5S. The van der Waals surface area contributed by atoms with Crippen LogP contribution in [0.25, 0.3) is 0 Å². The summed E-state index contributed by atoms with van der Waals surface area (Å²) in [6, 6.07) is 3.55. The minimum absolute atomic E-state index is 0.497. The summed E-state index contributed by atoms with van der Waals surface area (Å²) in [5.41, 5.74) is 2.43. The summed E-state index contributed by atoms with van der Waals surface area (Å²) in [5.74, 6) is 5.74. The van der Waals surface area contributed by atoms with E-state index in [1.807, 2.05) is 0 Å². The number of hydrazine groups is 1. The van der Waals surface area contributed by atoms with Crippen molar-refractivity contribution in [2.45, 2.75) is 10.1 Å². The van der Waals surface area contributed by atoms with Crippen LogP contribution in [0, 0.1) is 0 Å². The Labute approximate surface area is 101 Å². The summed E-state index contributed by atoms with van der Waals surface area (Å²) in [5, 5.41) is 1.95. The maximum absolute atomic E-state index is 5.98. The summed E-state index contributed by atoms with van der Waals surface area (Å²) in [7, 11) is 0. The second-order valence-electron chi connectivity index (χ2n) is 2.78. The van der Waals surface area contributed by atoms with Crippen LogP contribution in [-0.2, 0) is 0 Å². The molecule has 2 heterocycles. The van der Waals surface area contributed by atoms with Gasteiger partial charge in [0, 0.05) is 6.20 Å². The Bertz CT molecular complexity index is 493. The van der Waals surface area contributed by atoms with Crippen molar-refractivity contribution in [3.05, 3.63) is 35.7 Å². The highest BCUT2D eigenvalue weighted by atomic mass is 35.5. The van der Waals surface area contributed by atoms with E-state index in [0.29, 0.717) is 20.9 Å². The zero-order valence-corrected chi connectivity index (χ0v) is 9.66. The molecule has 2 aromatic heterocycles. The number of hydrogen-bond donors (Lipinski definition) is 2. The zero-order chi connectivity index (χ0) is 11.4. The first-order valence-electron chi connectivity index (χ1n) is 4.36. The first-order chi connectivity index (χ1) is 7.79. The fraction of sp³-hybridized carbons (Fsp3) is 0. The second kappa shape index (κ2) is 5.11. The Kier molecular flexibility index (Phi) is 3.55. The molecule has 0 aromatic carbocycles. The van der Waals surface area contributed by atoms with E-state index < -0.39 is 0 Å². The van der Waals surface area contributed by atoms with E-state index in [-0.39, 0.29) is 0 Å². The molecule has 0 aliphatic rings. The third kappa shape index (κ3) is 2.60. The monoisotopic (exact) mass is 253 g/mol. The molecule has 2 rings (SSSR count). The van der Waals surface area contributed by atoms with Gasteiger partial charge in [-0.15, -0.1) is 0 Å². The lowest BCUT2D eigenvalue weighted by molar-refractivity contribution is 1.03. The number of anilines is 1. The number of aromatic nitrogens is 3. The topological polar surface area (TPSA) is 76.7 Å². The van der Waals surface area contributed by atoms with Gasteiger partial charge in [-0.3, -0.25) is 4.98 Å². The highest BCUT2D eigenvalue weighted by Gasteiger charge is 2.05. The van der Waals surface area contributed by atoms with Crippen LogP contribution in [0.15, 0.2) is 40.8 Å². The lowest BCUT2D eigenvalue weighted by Crippen LogP contribution is -2.08. The SMILES string of the molecule is NNc1cncc(Sc2ncccc2Cl)n1. The Hall–Kier alpha value is -1.37. The molecule has 2 aromatic rings. The fourth-order valence-corrected chi connectivity index (χ4v) is 1.98. The van der Waals surface area contributed by atoms with E-state index in [2.05, 4.69) is 20.4 Å². The molecule has 0 unspecified atom stereocenters. The van der Waals surface area contributed by atoms with Gasteiger partial charge < -0.3 is 5.43 Å². The number of nitrogens with two attached hydrogens (primary N) is 1. The van der Waals surface area contributed by atoms with Gasteiger partial charge in [0.1, 0.15) is 10.1 Å². The molecule has 5 nitrogen and oxygen atoms in total. The summed E-state index contributed by atoms with van der Waals surface area (Å²) in [6.07, 6.45) is 4.83. The van der Waals surface area contributed by atoms with Crippen molar-refractivity contribution in [3.63, 3.8) is 0 Å². The van der Waals surface area contributed by atoms with Gasteiger partial charge in [0.05, 0.1) is 17.4 Å². The molecule has 0 bridgehead atoms. The van der Waals surface area contributed by atoms with Crippen LogP contribution < -0.4 is 11.3 Å². The van der Waals surface area contributed by atoms with Crippen LogP contribution in [0.5, 0.6) is 0 Å². The first-order valence-corrected chi connectivity index (χ1v) is 5.56. The van der Waals surface area contributed by atoms with Gasteiger partial charge in [0.15, 0.2) is 5.82 Å². The number of hydrogen-bond acceptors (Lipinski definition) is 6. The number of nitrogens with one attached hydrogen (secondary N) is 1. The molecule has 3 N–H and O–H groups in total. The van der Waals surface area contributed by atoms with Gasteiger partial charge in [-0.2, -0.15) is 0 Å². The fourth-order valence-electron chi connectivity index (χ4n) is 1.01. The maximum atomic E-state index is 5.98. The largest absolute Gasteiger partial charge is 0.307 e. The lowest BCUT2D eigenvalue weighted by atomic mass is 10.5. The van der Waals surface area contributed by atoms with Crippen molar-refractivity contribution in [2.75, 3.05) is 5.43 Å². The summed E-state index contributed by atoms with van der Waals surface area (Å²) in [4.78, 5) is 12.3. The number of rotatable bonds is 3. The molecule has 0 radical (unpaired) electrons. The molecule has 0 saturated heterocycles.